The minimum Gasteiger partial charge on any atom is -0.360 e. The van der Waals surface area contributed by atoms with Crippen LogP contribution in [0.5, 0.6) is 0 Å². The molecule has 0 atom stereocenters. The normalized spacial score (nSPS) is 13.5. The summed E-state index contributed by atoms with van der Waals surface area (Å²) in [4.78, 5) is 49.7. The Balaban J connectivity index is 1.22. The van der Waals surface area contributed by atoms with Gasteiger partial charge in [-0.15, -0.1) is 0 Å². The quantitative estimate of drug-likeness (QED) is 0.258. The number of nitrogens with one attached hydrogen (secondary N) is 1. The fourth-order valence-electron chi connectivity index (χ4n) is 5.19. The van der Waals surface area contributed by atoms with Crippen LogP contribution in [0.3, 0.4) is 0 Å². The minimum absolute atomic E-state index is 0.0173. The van der Waals surface area contributed by atoms with Gasteiger partial charge in [0.15, 0.2) is 0 Å². The number of hydrogen-bond acceptors (Lipinski definition) is 4. The van der Waals surface area contributed by atoms with Gasteiger partial charge in [-0.05, 0) is 29.8 Å². The van der Waals surface area contributed by atoms with Crippen molar-refractivity contribution in [3.63, 3.8) is 0 Å². The van der Waals surface area contributed by atoms with Gasteiger partial charge >= 0.3 is 0 Å². The molecule has 1 aliphatic rings. The molecular weight excluding hydrogens is 509 g/mol. The molecule has 5 aromatic rings. The van der Waals surface area contributed by atoms with Gasteiger partial charge in [-0.2, -0.15) is 0 Å². The van der Waals surface area contributed by atoms with Gasteiger partial charge in [-0.3, -0.25) is 14.4 Å². The van der Waals surface area contributed by atoms with Crippen molar-refractivity contribution in [2.75, 3.05) is 26.2 Å². The molecule has 0 saturated carbocycles. The maximum atomic E-state index is 15.2. The number of piperazine rings is 1. The summed E-state index contributed by atoms with van der Waals surface area (Å²) < 4.78 is 17.1. The highest BCUT2D eigenvalue weighted by atomic mass is 19.1. The Labute approximate surface area is 229 Å². The van der Waals surface area contributed by atoms with Crippen molar-refractivity contribution in [1.29, 1.82) is 0 Å². The molecule has 0 bridgehead atoms. The summed E-state index contributed by atoms with van der Waals surface area (Å²) in [7, 11) is 0. The number of H-pyrrole nitrogens is 1. The third kappa shape index (κ3) is 4.66. The van der Waals surface area contributed by atoms with Crippen LogP contribution in [0.1, 0.15) is 26.3 Å². The topological polar surface area (TPSA) is 91.3 Å². The van der Waals surface area contributed by atoms with E-state index in [-0.39, 0.29) is 29.9 Å². The molecule has 2 amide bonds. The predicted octanol–water partition coefficient (Wildman–Crippen LogP) is 4.39. The fourth-order valence-corrected chi connectivity index (χ4v) is 5.19. The van der Waals surface area contributed by atoms with E-state index in [0.29, 0.717) is 36.3 Å². The van der Waals surface area contributed by atoms with Gasteiger partial charge in [-0.25, -0.2) is 9.37 Å². The number of benzene rings is 3. The molecule has 1 aliphatic heterocycles. The average Bonchev–Trinajstić information content (AvgIpc) is 3.66. The maximum absolute atomic E-state index is 15.2. The summed E-state index contributed by atoms with van der Waals surface area (Å²) >= 11 is 0. The highest BCUT2D eigenvalue weighted by Crippen LogP contribution is 2.32. The SMILES string of the molecule is O=C(C(=O)N1CCN(C(=O)c2ccccc2)CC1)c1c[nH]c2c(-c3cncn3Cc3ccccc3)ccc(F)c12. The molecular formula is C31H26FN5O3. The number of aromatic nitrogens is 3. The molecule has 0 radical (unpaired) electrons. The smallest absolute Gasteiger partial charge is 0.295 e. The number of nitrogens with zero attached hydrogens (tertiary/aromatic N) is 4. The molecule has 1 fully saturated rings. The second-order valence-corrected chi connectivity index (χ2v) is 9.72. The van der Waals surface area contributed by atoms with E-state index >= 15 is 4.39 Å². The third-order valence-electron chi connectivity index (χ3n) is 7.28. The number of aromatic amines is 1. The van der Waals surface area contributed by atoms with Crippen LogP contribution < -0.4 is 0 Å². The van der Waals surface area contributed by atoms with Crippen LogP contribution in [0, 0.1) is 5.82 Å². The Morgan fingerprint density at radius 3 is 2.25 bits per heavy atom. The number of fused-ring (bicyclic) bond motifs is 1. The monoisotopic (exact) mass is 535 g/mol. The minimum atomic E-state index is -0.789. The first-order valence-electron chi connectivity index (χ1n) is 13.0. The Morgan fingerprint density at radius 2 is 1.52 bits per heavy atom. The van der Waals surface area contributed by atoms with Crippen molar-refractivity contribution < 1.29 is 18.8 Å². The molecule has 2 aromatic heterocycles. The lowest BCUT2D eigenvalue weighted by atomic mass is 10.0. The first kappa shape index (κ1) is 25.2. The number of imidazole rings is 1. The van der Waals surface area contributed by atoms with Crippen molar-refractivity contribution in [2.45, 2.75) is 6.54 Å². The van der Waals surface area contributed by atoms with E-state index in [1.165, 1.54) is 17.2 Å². The van der Waals surface area contributed by atoms with Crippen LogP contribution in [-0.4, -0.2) is 68.1 Å². The van der Waals surface area contributed by atoms with E-state index in [1.54, 1.807) is 47.8 Å². The molecule has 8 nitrogen and oxygen atoms in total. The van der Waals surface area contributed by atoms with E-state index in [1.807, 2.05) is 41.0 Å². The molecule has 1 N–H and O–H groups in total. The number of halogens is 1. The van der Waals surface area contributed by atoms with Gasteiger partial charge in [0.1, 0.15) is 5.82 Å². The second-order valence-electron chi connectivity index (χ2n) is 9.72. The van der Waals surface area contributed by atoms with Crippen molar-refractivity contribution in [3.8, 4) is 11.3 Å². The maximum Gasteiger partial charge on any atom is 0.295 e. The number of Topliss-reactive ketones (excluding diaryl/α,β-unsaturated/α-hetero) is 1. The largest absolute Gasteiger partial charge is 0.360 e. The van der Waals surface area contributed by atoms with E-state index in [9.17, 15) is 14.4 Å². The summed E-state index contributed by atoms with van der Waals surface area (Å²) in [5.74, 6) is -2.21. The fraction of sp³-hybridized carbons (Fsp3) is 0.161. The van der Waals surface area contributed by atoms with E-state index in [4.69, 9.17) is 0 Å². The van der Waals surface area contributed by atoms with Gasteiger partial charge in [-0.1, -0.05) is 48.5 Å². The van der Waals surface area contributed by atoms with Crippen LogP contribution >= 0.6 is 0 Å². The van der Waals surface area contributed by atoms with E-state index in [0.717, 1.165) is 11.3 Å². The molecule has 3 heterocycles. The molecule has 3 aromatic carbocycles. The molecule has 6 rings (SSSR count). The first-order chi connectivity index (χ1) is 19.5. The number of rotatable bonds is 6. The molecule has 9 heteroatoms. The van der Waals surface area contributed by atoms with Crippen molar-refractivity contribution in [1.82, 2.24) is 24.3 Å². The lowest BCUT2D eigenvalue weighted by Gasteiger charge is -2.34. The van der Waals surface area contributed by atoms with Gasteiger partial charge in [0, 0.05) is 55.4 Å². The Bertz CT molecular complexity index is 1700. The molecule has 0 spiro atoms. The van der Waals surface area contributed by atoms with Crippen LogP contribution in [0.2, 0.25) is 0 Å². The highest BCUT2D eigenvalue weighted by molar-refractivity contribution is 6.45. The van der Waals surface area contributed by atoms with Gasteiger partial charge in [0.2, 0.25) is 0 Å². The summed E-state index contributed by atoms with van der Waals surface area (Å²) in [6.45, 7) is 1.63. The van der Waals surface area contributed by atoms with Crippen LogP contribution in [0.25, 0.3) is 22.2 Å². The number of ketones is 1. The zero-order valence-corrected chi connectivity index (χ0v) is 21.6. The zero-order chi connectivity index (χ0) is 27.6. The number of amides is 2. The number of carbonyl (C=O) groups excluding carboxylic acids is 3. The molecule has 40 heavy (non-hydrogen) atoms. The molecule has 1 saturated heterocycles. The van der Waals surface area contributed by atoms with Crippen LogP contribution in [0.4, 0.5) is 4.39 Å². The number of carbonyl (C=O) groups is 3. The Kier molecular flexibility index (Phi) is 6.69. The van der Waals surface area contributed by atoms with Gasteiger partial charge < -0.3 is 19.4 Å². The van der Waals surface area contributed by atoms with Crippen molar-refractivity contribution in [3.05, 3.63) is 114 Å². The standard InChI is InChI=1S/C31H26FN5O3/c32-25-12-11-23(26-18-33-20-37(26)19-21-7-3-1-4-8-21)28-27(25)24(17-34-28)29(38)31(40)36-15-13-35(14-16-36)30(39)22-9-5-2-6-10-22/h1-12,17-18,20,34H,13-16,19H2. The van der Waals surface area contributed by atoms with Crippen LogP contribution in [-0.2, 0) is 11.3 Å². The molecule has 0 aliphatic carbocycles. The van der Waals surface area contributed by atoms with E-state index in [2.05, 4.69) is 9.97 Å². The highest BCUT2D eigenvalue weighted by Gasteiger charge is 2.31. The number of hydrogen-bond donors (Lipinski definition) is 1. The van der Waals surface area contributed by atoms with E-state index < -0.39 is 17.5 Å². The van der Waals surface area contributed by atoms with Crippen molar-refractivity contribution in [2.24, 2.45) is 0 Å². The van der Waals surface area contributed by atoms with Crippen molar-refractivity contribution >= 4 is 28.5 Å². The Hall–Kier alpha value is -5.05. The predicted molar refractivity (Wildman–Crippen MR) is 148 cm³/mol. The first-order valence-corrected chi connectivity index (χ1v) is 13.0. The zero-order valence-electron chi connectivity index (χ0n) is 21.6. The summed E-state index contributed by atoms with van der Waals surface area (Å²) in [5, 5.41) is 0.0706. The average molecular weight is 536 g/mol. The molecule has 0 unspecified atom stereocenters. The lowest BCUT2D eigenvalue weighted by molar-refractivity contribution is -0.127. The molecule has 200 valence electrons. The van der Waals surface area contributed by atoms with Gasteiger partial charge in [0.25, 0.3) is 17.6 Å². The summed E-state index contributed by atoms with van der Waals surface area (Å²) in [6.07, 6.45) is 4.79. The Morgan fingerprint density at radius 1 is 0.850 bits per heavy atom. The lowest BCUT2D eigenvalue weighted by Crippen LogP contribution is -2.52. The van der Waals surface area contributed by atoms with Gasteiger partial charge in [0.05, 0.1) is 29.3 Å². The second kappa shape index (κ2) is 10.6. The van der Waals surface area contributed by atoms with Crippen LogP contribution in [0.15, 0.2) is 91.5 Å². The summed E-state index contributed by atoms with van der Waals surface area (Å²) in [6, 6.07) is 21.8. The summed E-state index contributed by atoms with van der Waals surface area (Å²) in [5.41, 5.74) is 3.48. The third-order valence-corrected chi connectivity index (χ3v) is 7.28.